The van der Waals surface area contributed by atoms with E-state index >= 15 is 0 Å². The SMILES string of the molecule is CC(NC(=O)Cc1ccccc1Oc1ccccc1)C(=O)N[C@@H]1CN(C)c2ccccc2C(c2ccccc2)=N1. The summed E-state index contributed by atoms with van der Waals surface area (Å²) in [7, 11) is 1.99. The summed E-state index contributed by atoms with van der Waals surface area (Å²) in [5, 5.41) is 5.86. The van der Waals surface area contributed by atoms with Gasteiger partial charge in [-0.15, -0.1) is 0 Å². The van der Waals surface area contributed by atoms with Gasteiger partial charge in [0.15, 0.2) is 0 Å². The molecule has 1 aliphatic rings. The molecule has 0 aliphatic carbocycles. The first-order valence-electron chi connectivity index (χ1n) is 13.3. The van der Waals surface area contributed by atoms with Crippen LogP contribution < -0.4 is 20.3 Å². The van der Waals surface area contributed by atoms with Crippen molar-refractivity contribution in [3.8, 4) is 11.5 Å². The number of rotatable bonds is 8. The fourth-order valence-corrected chi connectivity index (χ4v) is 4.72. The lowest BCUT2D eigenvalue weighted by Gasteiger charge is -2.24. The molecule has 7 heteroatoms. The Kier molecular flexibility index (Phi) is 8.21. The molecule has 0 radical (unpaired) electrons. The largest absolute Gasteiger partial charge is 0.457 e. The van der Waals surface area contributed by atoms with Crippen molar-refractivity contribution in [3.05, 3.63) is 126 Å². The van der Waals surface area contributed by atoms with Gasteiger partial charge >= 0.3 is 0 Å². The van der Waals surface area contributed by atoms with Gasteiger partial charge in [-0.05, 0) is 31.2 Å². The highest BCUT2D eigenvalue weighted by atomic mass is 16.5. The highest BCUT2D eigenvalue weighted by Gasteiger charge is 2.25. The van der Waals surface area contributed by atoms with Crippen molar-refractivity contribution in [1.29, 1.82) is 0 Å². The number of hydrogen-bond acceptors (Lipinski definition) is 5. The molecular formula is C33H32N4O3. The molecular weight excluding hydrogens is 500 g/mol. The van der Waals surface area contributed by atoms with E-state index in [9.17, 15) is 9.59 Å². The number of para-hydroxylation sites is 3. The number of amides is 2. The third-order valence-corrected chi connectivity index (χ3v) is 6.72. The molecule has 4 aromatic carbocycles. The predicted octanol–water partition coefficient (Wildman–Crippen LogP) is 4.96. The van der Waals surface area contributed by atoms with E-state index in [1.165, 1.54) is 0 Å². The molecule has 0 aromatic heterocycles. The molecule has 0 fully saturated rings. The molecule has 1 unspecified atom stereocenters. The molecule has 2 amide bonds. The fourth-order valence-electron chi connectivity index (χ4n) is 4.72. The Morgan fingerprint density at radius 3 is 2.33 bits per heavy atom. The molecule has 4 aromatic rings. The molecule has 2 N–H and O–H groups in total. The van der Waals surface area contributed by atoms with Crippen LogP contribution in [0.2, 0.25) is 0 Å². The summed E-state index contributed by atoms with van der Waals surface area (Å²) in [5.41, 5.74) is 4.57. The number of carbonyl (C=O) groups excluding carboxylic acids is 2. The second-order valence-corrected chi connectivity index (χ2v) is 9.75. The highest BCUT2D eigenvalue weighted by Crippen LogP contribution is 2.27. The number of likely N-dealkylation sites (N-methyl/N-ethyl adjacent to an activating group) is 1. The third-order valence-electron chi connectivity index (χ3n) is 6.72. The maximum absolute atomic E-state index is 13.2. The first kappa shape index (κ1) is 26.7. The molecule has 7 nitrogen and oxygen atoms in total. The van der Waals surface area contributed by atoms with Crippen LogP contribution in [0.3, 0.4) is 0 Å². The smallest absolute Gasteiger partial charge is 0.243 e. The lowest BCUT2D eigenvalue weighted by atomic mass is 10.0. The normalized spacial score (nSPS) is 15.2. The lowest BCUT2D eigenvalue weighted by Crippen LogP contribution is -2.50. The van der Waals surface area contributed by atoms with E-state index < -0.39 is 12.2 Å². The number of aliphatic imine (C=N–C) groups is 1. The van der Waals surface area contributed by atoms with Gasteiger partial charge in [-0.2, -0.15) is 0 Å². The van der Waals surface area contributed by atoms with E-state index in [0.29, 0.717) is 18.0 Å². The van der Waals surface area contributed by atoms with Gasteiger partial charge in [-0.25, -0.2) is 0 Å². The molecule has 202 valence electrons. The van der Waals surface area contributed by atoms with E-state index in [1.54, 1.807) is 6.92 Å². The second-order valence-electron chi connectivity index (χ2n) is 9.75. The topological polar surface area (TPSA) is 83.0 Å². The van der Waals surface area contributed by atoms with Gasteiger partial charge in [0.05, 0.1) is 18.7 Å². The Hall–Kier alpha value is -4.91. The van der Waals surface area contributed by atoms with Crippen LogP contribution in [0.5, 0.6) is 11.5 Å². The summed E-state index contributed by atoms with van der Waals surface area (Å²) >= 11 is 0. The summed E-state index contributed by atoms with van der Waals surface area (Å²) in [6.07, 6.45) is -0.419. The minimum atomic E-state index is -0.749. The van der Waals surface area contributed by atoms with E-state index in [-0.39, 0.29) is 18.2 Å². The number of nitrogens with zero attached hydrogens (tertiary/aromatic N) is 2. The van der Waals surface area contributed by atoms with Gasteiger partial charge in [0.25, 0.3) is 0 Å². The van der Waals surface area contributed by atoms with Crippen molar-refractivity contribution in [3.63, 3.8) is 0 Å². The van der Waals surface area contributed by atoms with Crippen LogP contribution >= 0.6 is 0 Å². The van der Waals surface area contributed by atoms with Gasteiger partial charge in [0, 0.05) is 29.4 Å². The Balaban J connectivity index is 1.26. The van der Waals surface area contributed by atoms with Crippen molar-refractivity contribution < 1.29 is 14.3 Å². The Labute approximate surface area is 234 Å². The number of hydrogen-bond donors (Lipinski definition) is 2. The molecule has 0 saturated carbocycles. The fraction of sp³-hybridized carbons (Fsp3) is 0.182. The van der Waals surface area contributed by atoms with Crippen LogP contribution in [0.15, 0.2) is 114 Å². The first-order valence-corrected chi connectivity index (χ1v) is 13.3. The average molecular weight is 533 g/mol. The van der Waals surface area contributed by atoms with Crippen LogP contribution in [-0.2, 0) is 16.0 Å². The van der Waals surface area contributed by atoms with Crippen molar-refractivity contribution in [2.24, 2.45) is 4.99 Å². The quantitative estimate of drug-likeness (QED) is 0.336. The zero-order valence-corrected chi connectivity index (χ0v) is 22.6. The van der Waals surface area contributed by atoms with Crippen LogP contribution in [0.25, 0.3) is 0 Å². The number of benzene rings is 4. The van der Waals surface area contributed by atoms with E-state index in [2.05, 4.69) is 21.6 Å². The summed E-state index contributed by atoms with van der Waals surface area (Å²) in [6, 6.07) is 34.1. The maximum atomic E-state index is 13.2. The molecule has 0 saturated heterocycles. The van der Waals surface area contributed by atoms with Gasteiger partial charge in [-0.3, -0.25) is 14.6 Å². The van der Waals surface area contributed by atoms with Crippen molar-refractivity contribution in [1.82, 2.24) is 10.6 Å². The Morgan fingerprint density at radius 2 is 1.55 bits per heavy atom. The van der Waals surface area contributed by atoms with Crippen LogP contribution in [0.4, 0.5) is 5.69 Å². The summed E-state index contributed by atoms with van der Waals surface area (Å²) in [6.45, 7) is 2.17. The Bertz CT molecular complexity index is 1500. The molecule has 40 heavy (non-hydrogen) atoms. The highest BCUT2D eigenvalue weighted by molar-refractivity contribution is 6.16. The summed E-state index contributed by atoms with van der Waals surface area (Å²) in [4.78, 5) is 33.2. The zero-order valence-electron chi connectivity index (χ0n) is 22.6. The number of benzodiazepines with no additional fused rings is 1. The Morgan fingerprint density at radius 1 is 0.900 bits per heavy atom. The van der Waals surface area contributed by atoms with E-state index in [1.807, 2.05) is 110 Å². The predicted molar refractivity (Wildman–Crippen MR) is 158 cm³/mol. The molecule has 1 aliphatic heterocycles. The number of nitrogens with one attached hydrogen (secondary N) is 2. The summed E-state index contributed by atoms with van der Waals surface area (Å²) in [5.74, 6) is 0.715. The number of anilines is 1. The number of fused-ring (bicyclic) bond motifs is 1. The molecule has 5 rings (SSSR count). The monoisotopic (exact) mass is 532 g/mol. The standard InChI is InChI=1S/C33H32N4O3/c1-23(34-31(38)21-25-15-9-12-20-29(25)40-26-16-7-4-8-17-26)33(39)36-30-22-37(2)28-19-11-10-18-27(28)32(35-30)24-13-5-3-6-14-24/h3-20,23,30H,21-22H2,1-2H3,(H,34,38)(H,36,39)/t23?,30-/m1/s1. The van der Waals surface area contributed by atoms with Crippen LogP contribution in [0.1, 0.15) is 23.6 Å². The van der Waals surface area contributed by atoms with Gasteiger partial charge in [-0.1, -0.05) is 84.9 Å². The first-order chi connectivity index (χ1) is 19.5. The zero-order chi connectivity index (χ0) is 27.9. The molecule has 0 spiro atoms. The third kappa shape index (κ3) is 6.38. The van der Waals surface area contributed by atoms with Crippen molar-refractivity contribution >= 4 is 23.2 Å². The average Bonchev–Trinajstić information content (AvgIpc) is 3.11. The minimum absolute atomic E-state index is 0.0818. The van der Waals surface area contributed by atoms with Crippen molar-refractivity contribution in [2.45, 2.75) is 25.6 Å². The molecule has 0 bridgehead atoms. The second kappa shape index (κ2) is 12.3. The maximum Gasteiger partial charge on any atom is 0.243 e. The van der Waals surface area contributed by atoms with Crippen LogP contribution in [-0.4, -0.2) is 43.3 Å². The van der Waals surface area contributed by atoms with E-state index in [0.717, 1.165) is 28.1 Å². The minimum Gasteiger partial charge on any atom is -0.457 e. The molecule has 2 atom stereocenters. The molecule has 1 heterocycles. The van der Waals surface area contributed by atoms with Gasteiger partial charge in [0.2, 0.25) is 11.8 Å². The van der Waals surface area contributed by atoms with Gasteiger partial charge in [0.1, 0.15) is 23.7 Å². The van der Waals surface area contributed by atoms with Crippen molar-refractivity contribution in [2.75, 3.05) is 18.5 Å². The van der Waals surface area contributed by atoms with E-state index in [4.69, 9.17) is 9.73 Å². The van der Waals surface area contributed by atoms with Crippen LogP contribution in [0, 0.1) is 0 Å². The van der Waals surface area contributed by atoms with Gasteiger partial charge < -0.3 is 20.3 Å². The summed E-state index contributed by atoms with van der Waals surface area (Å²) < 4.78 is 5.98. The number of ether oxygens (including phenoxy) is 1. The lowest BCUT2D eigenvalue weighted by molar-refractivity contribution is -0.128. The number of carbonyl (C=O) groups is 2.